The second-order valence-corrected chi connectivity index (χ2v) is 6.59. The summed E-state index contributed by atoms with van der Waals surface area (Å²) in [5.41, 5.74) is 2.47. The maximum Gasteiger partial charge on any atom is 0.308 e. The molecule has 1 aromatic heterocycles. The van der Waals surface area contributed by atoms with Gasteiger partial charge in [-0.2, -0.15) is 0 Å². The van der Waals surface area contributed by atoms with Crippen molar-refractivity contribution in [2.75, 3.05) is 6.61 Å². The molecule has 1 fully saturated rings. The molecule has 1 aliphatic carbocycles. The third-order valence-electron chi connectivity index (χ3n) is 4.92. The smallest absolute Gasteiger partial charge is 0.308 e. The van der Waals surface area contributed by atoms with E-state index in [1.165, 1.54) is 11.1 Å². The predicted octanol–water partition coefficient (Wildman–Crippen LogP) is 3.88. The summed E-state index contributed by atoms with van der Waals surface area (Å²) in [7, 11) is 0. The average molecular weight is 338 g/mol. The predicted molar refractivity (Wildman–Crippen MR) is 98.0 cm³/mol. The molecule has 0 aliphatic heterocycles. The van der Waals surface area contributed by atoms with Crippen LogP contribution in [0, 0.1) is 5.92 Å². The zero-order valence-electron chi connectivity index (χ0n) is 14.7. The normalized spacial score (nSPS) is 21.5. The van der Waals surface area contributed by atoms with Gasteiger partial charge >= 0.3 is 5.97 Å². The SMILES string of the molecule is CCOC(=O)C1CCC(NC(c2ccccc2)c2ccncc2)CC1. The highest BCUT2D eigenvalue weighted by Crippen LogP contribution is 2.29. The quantitative estimate of drug-likeness (QED) is 0.812. The average Bonchev–Trinajstić information content (AvgIpc) is 2.68. The van der Waals surface area contributed by atoms with E-state index in [9.17, 15) is 4.79 Å². The van der Waals surface area contributed by atoms with E-state index < -0.39 is 0 Å². The third-order valence-corrected chi connectivity index (χ3v) is 4.92. The summed E-state index contributed by atoms with van der Waals surface area (Å²) in [6, 6.07) is 15.2. The van der Waals surface area contributed by atoms with Crippen LogP contribution < -0.4 is 5.32 Å². The summed E-state index contributed by atoms with van der Waals surface area (Å²) in [6.45, 7) is 2.33. The molecule has 0 saturated heterocycles. The Morgan fingerprint density at radius 3 is 2.36 bits per heavy atom. The number of ether oxygens (including phenoxy) is 1. The van der Waals surface area contributed by atoms with Gasteiger partial charge in [-0.1, -0.05) is 30.3 Å². The Balaban J connectivity index is 1.67. The molecule has 3 rings (SSSR count). The molecule has 1 aromatic carbocycles. The fraction of sp³-hybridized carbons (Fsp3) is 0.429. The van der Waals surface area contributed by atoms with Crippen molar-refractivity contribution in [2.24, 2.45) is 5.92 Å². The van der Waals surface area contributed by atoms with Crippen molar-refractivity contribution in [1.29, 1.82) is 0 Å². The molecule has 4 heteroatoms. The van der Waals surface area contributed by atoms with Gasteiger partial charge in [-0.25, -0.2) is 0 Å². The molecular weight excluding hydrogens is 312 g/mol. The lowest BCUT2D eigenvalue weighted by atomic mass is 9.85. The zero-order chi connectivity index (χ0) is 17.5. The van der Waals surface area contributed by atoms with Crippen LogP contribution in [0.3, 0.4) is 0 Å². The van der Waals surface area contributed by atoms with Gasteiger partial charge in [0.15, 0.2) is 0 Å². The lowest BCUT2D eigenvalue weighted by Crippen LogP contribution is -2.38. The van der Waals surface area contributed by atoms with E-state index in [1.54, 1.807) is 0 Å². The van der Waals surface area contributed by atoms with Crippen molar-refractivity contribution >= 4 is 5.97 Å². The summed E-state index contributed by atoms with van der Waals surface area (Å²) in [4.78, 5) is 16.1. The molecule has 0 spiro atoms. The second kappa shape index (κ2) is 8.77. The van der Waals surface area contributed by atoms with Crippen molar-refractivity contribution in [1.82, 2.24) is 10.3 Å². The fourth-order valence-corrected chi connectivity index (χ4v) is 3.58. The minimum atomic E-state index is -0.0327. The summed E-state index contributed by atoms with van der Waals surface area (Å²) in [5.74, 6) is 0.0313. The molecule has 1 heterocycles. The van der Waals surface area contributed by atoms with Gasteiger partial charge in [0.05, 0.1) is 18.6 Å². The van der Waals surface area contributed by atoms with Crippen molar-refractivity contribution in [2.45, 2.75) is 44.7 Å². The van der Waals surface area contributed by atoms with Crippen LogP contribution in [0.5, 0.6) is 0 Å². The number of rotatable bonds is 6. The minimum Gasteiger partial charge on any atom is -0.466 e. The molecule has 1 unspecified atom stereocenters. The Hall–Kier alpha value is -2.20. The molecule has 1 saturated carbocycles. The van der Waals surface area contributed by atoms with Crippen LogP contribution in [0.25, 0.3) is 0 Å². The number of nitrogens with zero attached hydrogens (tertiary/aromatic N) is 1. The fourth-order valence-electron chi connectivity index (χ4n) is 3.58. The van der Waals surface area contributed by atoms with Gasteiger partial charge in [0.1, 0.15) is 0 Å². The first kappa shape index (κ1) is 17.6. The van der Waals surface area contributed by atoms with Crippen LogP contribution in [-0.4, -0.2) is 23.6 Å². The van der Waals surface area contributed by atoms with Crippen molar-refractivity contribution in [3.8, 4) is 0 Å². The van der Waals surface area contributed by atoms with Crippen molar-refractivity contribution in [3.05, 3.63) is 66.0 Å². The number of pyridine rings is 1. The van der Waals surface area contributed by atoms with E-state index in [1.807, 2.05) is 25.4 Å². The van der Waals surface area contributed by atoms with Gasteiger partial charge in [-0.05, 0) is 55.9 Å². The standard InChI is InChI=1S/C21H26N2O2/c1-2-25-21(24)18-8-10-19(11-9-18)23-20(16-6-4-3-5-7-16)17-12-14-22-15-13-17/h3-7,12-15,18-20,23H,2,8-11H2,1H3. The molecule has 1 N–H and O–H groups in total. The summed E-state index contributed by atoms with van der Waals surface area (Å²) >= 11 is 0. The van der Waals surface area contributed by atoms with Crippen LogP contribution in [0.2, 0.25) is 0 Å². The Morgan fingerprint density at radius 1 is 1.08 bits per heavy atom. The van der Waals surface area contributed by atoms with Gasteiger partial charge in [-0.15, -0.1) is 0 Å². The number of aromatic nitrogens is 1. The first-order chi connectivity index (χ1) is 12.3. The van der Waals surface area contributed by atoms with E-state index >= 15 is 0 Å². The van der Waals surface area contributed by atoms with Crippen LogP contribution in [-0.2, 0) is 9.53 Å². The van der Waals surface area contributed by atoms with Crippen molar-refractivity contribution < 1.29 is 9.53 Å². The van der Waals surface area contributed by atoms with Crippen LogP contribution in [0.15, 0.2) is 54.9 Å². The van der Waals surface area contributed by atoms with Crippen LogP contribution in [0.1, 0.15) is 49.8 Å². The highest BCUT2D eigenvalue weighted by molar-refractivity contribution is 5.72. The number of carbonyl (C=O) groups is 1. The highest BCUT2D eigenvalue weighted by atomic mass is 16.5. The Labute approximate surface area is 149 Å². The van der Waals surface area contributed by atoms with Crippen LogP contribution >= 0.6 is 0 Å². The van der Waals surface area contributed by atoms with Crippen LogP contribution in [0.4, 0.5) is 0 Å². The van der Waals surface area contributed by atoms with Gasteiger partial charge in [0.25, 0.3) is 0 Å². The highest BCUT2D eigenvalue weighted by Gasteiger charge is 2.28. The van der Waals surface area contributed by atoms with Crippen molar-refractivity contribution in [3.63, 3.8) is 0 Å². The topological polar surface area (TPSA) is 51.2 Å². The number of esters is 1. The number of carbonyl (C=O) groups excluding carboxylic acids is 1. The number of hydrogen-bond donors (Lipinski definition) is 1. The lowest BCUT2D eigenvalue weighted by Gasteiger charge is -2.32. The molecule has 132 valence electrons. The minimum absolute atomic E-state index is 0.0327. The van der Waals surface area contributed by atoms with E-state index in [2.05, 4.69) is 46.7 Å². The van der Waals surface area contributed by atoms with E-state index in [0.29, 0.717) is 12.6 Å². The molecule has 0 amide bonds. The lowest BCUT2D eigenvalue weighted by molar-refractivity contribution is -0.149. The molecule has 0 radical (unpaired) electrons. The van der Waals surface area contributed by atoms with E-state index in [-0.39, 0.29) is 17.9 Å². The van der Waals surface area contributed by atoms with E-state index in [4.69, 9.17) is 4.74 Å². The monoisotopic (exact) mass is 338 g/mol. The zero-order valence-corrected chi connectivity index (χ0v) is 14.7. The first-order valence-corrected chi connectivity index (χ1v) is 9.15. The number of benzene rings is 1. The molecular formula is C21H26N2O2. The Kier molecular flexibility index (Phi) is 6.18. The maximum absolute atomic E-state index is 11.9. The number of nitrogens with one attached hydrogen (secondary N) is 1. The van der Waals surface area contributed by atoms with E-state index in [0.717, 1.165) is 25.7 Å². The van der Waals surface area contributed by atoms with Gasteiger partial charge in [-0.3, -0.25) is 9.78 Å². The molecule has 4 nitrogen and oxygen atoms in total. The molecule has 0 bridgehead atoms. The summed E-state index contributed by atoms with van der Waals surface area (Å²) in [5, 5.41) is 3.80. The molecule has 1 aliphatic rings. The first-order valence-electron chi connectivity index (χ1n) is 9.15. The largest absolute Gasteiger partial charge is 0.466 e. The summed E-state index contributed by atoms with van der Waals surface area (Å²) in [6.07, 6.45) is 7.47. The van der Waals surface area contributed by atoms with Gasteiger partial charge < -0.3 is 10.1 Å². The number of hydrogen-bond acceptors (Lipinski definition) is 4. The third kappa shape index (κ3) is 4.67. The van der Waals surface area contributed by atoms with Gasteiger partial charge in [0, 0.05) is 18.4 Å². The Morgan fingerprint density at radius 2 is 1.72 bits per heavy atom. The van der Waals surface area contributed by atoms with Gasteiger partial charge in [0.2, 0.25) is 0 Å². The molecule has 1 atom stereocenters. The second-order valence-electron chi connectivity index (χ2n) is 6.59. The molecule has 2 aromatic rings. The maximum atomic E-state index is 11.9. The summed E-state index contributed by atoms with van der Waals surface area (Å²) < 4.78 is 5.17. The molecule has 25 heavy (non-hydrogen) atoms. The Bertz CT molecular complexity index is 613.